The van der Waals surface area contributed by atoms with Gasteiger partial charge in [0.15, 0.2) is 0 Å². The van der Waals surface area contributed by atoms with Gasteiger partial charge in [-0.3, -0.25) is 9.59 Å². The number of nitrogens with one attached hydrogen (secondary N) is 2. The van der Waals surface area contributed by atoms with Crippen molar-refractivity contribution in [3.8, 4) is 11.5 Å². The average Bonchev–Trinajstić information content (AvgIpc) is 2.36. The summed E-state index contributed by atoms with van der Waals surface area (Å²) in [6.07, 6.45) is -0.626. The lowest BCUT2D eigenvalue weighted by Gasteiger charge is -2.20. The highest BCUT2D eigenvalue weighted by Crippen LogP contribution is 2.25. The van der Waals surface area contributed by atoms with Gasteiger partial charge in [-0.1, -0.05) is 0 Å². The van der Waals surface area contributed by atoms with Crippen LogP contribution in [-0.4, -0.2) is 26.0 Å². The Morgan fingerprint density at radius 1 is 0.947 bits per heavy atom. The van der Waals surface area contributed by atoms with Crippen LogP contribution in [0.15, 0.2) is 18.2 Å². The maximum atomic E-state index is 11.2. The molecular formula is C13H18N2O4. The van der Waals surface area contributed by atoms with Gasteiger partial charge < -0.3 is 20.1 Å². The van der Waals surface area contributed by atoms with E-state index in [2.05, 4.69) is 10.6 Å². The Bertz CT molecular complexity index is 435. The van der Waals surface area contributed by atoms with Gasteiger partial charge in [-0.2, -0.15) is 0 Å². The normalized spacial score (nSPS) is 9.95. The molecule has 0 saturated carbocycles. The minimum absolute atomic E-state index is 0.250. The van der Waals surface area contributed by atoms with Gasteiger partial charge in [-0.15, -0.1) is 0 Å². The van der Waals surface area contributed by atoms with E-state index in [1.165, 1.54) is 28.1 Å². The number of methoxy groups -OCH3 is 2. The molecule has 104 valence electrons. The van der Waals surface area contributed by atoms with Gasteiger partial charge in [-0.25, -0.2) is 0 Å². The molecule has 0 aliphatic carbocycles. The molecule has 0 fully saturated rings. The van der Waals surface area contributed by atoms with Crippen LogP contribution in [0.25, 0.3) is 0 Å². The SMILES string of the molecule is COc1cc(OC)cc(C(NC(C)=O)NC(C)=O)c1. The topological polar surface area (TPSA) is 76.7 Å². The Kier molecular flexibility index (Phi) is 5.17. The van der Waals surface area contributed by atoms with Crippen LogP contribution >= 0.6 is 0 Å². The monoisotopic (exact) mass is 266 g/mol. The Morgan fingerprint density at radius 3 is 1.68 bits per heavy atom. The summed E-state index contributed by atoms with van der Waals surface area (Å²) in [6, 6.07) is 5.15. The number of amides is 2. The highest BCUT2D eigenvalue weighted by Gasteiger charge is 2.15. The molecule has 1 aromatic carbocycles. The second-order valence-electron chi connectivity index (χ2n) is 3.98. The van der Waals surface area contributed by atoms with E-state index in [9.17, 15) is 9.59 Å². The first kappa shape index (κ1) is 14.8. The summed E-state index contributed by atoms with van der Waals surface area (Å²) >= 11 is 0. The summed E-state index contributed by atoms with van der Waals surface area (Å²) in [7, 11) is 3.06. The van der Waals surface area contributed by atoms with E-state index in [1.807, 2.05) is 0 Å². The number of hydrogen-bond donors (Lipinski definition) is 2. The summed E-state index contributed by atoms with van der Waals surface area (Å²) in [4.78, 5) is 22.4. The van der Waals surface area contributed by atoms with E-state index >= 15 is 0 Å². The molecule has 6 nitrogen and oxygen atoms in total. The molecule has 0 aliphatic rings. The fourth-order valence-corrected chi connectivity index (χ4v) is 1.61. The van der Waals surface area contributed by atoms with Crippen molar-refractivity contribution in [3.63, 3.8) is 0 Å². The minimum atomic E-state index is -0.626. The third kappa shape index (κ3) is 4.50. The molecule has 6 heteroatoms. The maximum absolute atomic E-state index is 11.2. The first-order chi connectivity index (χ1) is 8.96. The van der Waals surface area contributed by atoms with Crippen molar-refractivity contribution in [2.45, 2.75) is 20.0 Å². The molecule has 19 heavy (non-hydrogen) atoms. The van der Waals surface area contributed by atoms with E-state index in [1.54, 1.807) is 18.2 Å². The predicted molar refractivity (Wildman–Crippen MR) is 69.9 cm³/mol. The molecule has 2 amide bonds. The number of benzene rings is 1. The van der Waals surface area contributed by atoms with Gasteiger partial charge in [0.1, 0.15) is 17.7 Å². The van der Waals surface area contributed by atoms with E-state index < -0.39 is 6.17 Å². The molecule has 0 radical (unpaired) electrons. The first-order valence-electron chi connectivity index (χ1n) is 5.73. The number of ether oxygens (including phenoxy) is 2. The molecule has 0 saturated heterocycles. The smallest absolute Gasteiger partial charge is 0.218 e. The van der Waals surface area contributed by atoms with Crippen molar-refractivity contribution in [2.24, 2.45) is 0 Å². The van der Waals surface area contributed by atoms with E-state index in [0.29, 0.717) is 17.1 Å². The third-order valence-corrected chi connectivity index (χ3v) is 2.40. The molecule has 0 heterocycles. The first-order valence-corrected chi connectivity index (χ1v) is 5.73. The van der Waals surface area contributed by atoms with Gasteiger partial charge >= 0.3 is 0 Å². The van der Waals surface area contributed by atoms with Crippen LogP contribution < -0.4 is 20.1 Å². The van der Waals surface area contributed by atoms with Crippen molar-refractivity contribution < 1.29 is 19.1 Å². The summed E-state index contributed by atoms with van der Waals surface area (Å²) in [5, 5.41) is 5.30. The van der Waals surface area contributed by atoms with E-state index in [-0.39, 0.29) is 11.8 Å². The fourth-order valence-electron chi connectivity index (χ4n) is 1.61. The second-order valence-corrected chi connectivity index (χ2v) is 3.98. The fraction of sp³-hybridized carbons (Fsp3) is 0.385. The molecule has 0 atom stereocenters. The number of carbonyl (C=O) groups is 2. The standard InChI is InChI=1S/C13H18N2O4/c1-8(16)14-13(15-9(2)17)10-5-11(18-3)7-12(6-10)19-4/h5-7,13H,1-4H3,(H,14,16)(H,15,17). The summed E-state index contributed by atoms with van der Waals surface area (Å²) in [6.45, 7) is 2.76. The predicted octanol–water partition coefficient (Wildman–Crippen LogP) is 0.975. The molecule has 2 N–H and O–H groups in total. The van der Waals surface area contributed by atoms with Crippen molar-refractivity contribution >= 4 is 11.8 Å². The zero-order valence-electron chi connectivity index (χ0n) is 11.4. The number of rotatable bonds is 5. The highest BCUT2D eigenvalue weighted by molar-refractivity contribution is 5.76. The minimum Gasteiger partial charge on any atom is -0.497 e. The molecule has 1 aromatic rings. The van der Waals surface area contributed by atoms with Crippen LogP contribution in [0.3, 0.4) is 0 Å². The Morgan fingerprint density at radius 2 is 1.37 bits per heavy atom. The quantitative estimate of drug-likeness (QED) is 0.779. The maximum Gasteiger partial charge on any atom is 0.218 e. The average molecular weight is 266 g/mol. The van der Waals surface area contributed by atoms with Crippen molar-refractivity contribution in [3.05, 3.63) is 23.8 Å². The Hall–Kier alpha value is -2.24. The molecule has 0 bridgehead atoms. The van der Waals surface area contributed by atoms with Crippen LogP contribution in [0.5, 0.6) is 11.5 Å². The van der Waals surface area contributed by atoms with Gasteiger partial charge in [0.05, 0.1) is 14.2 Å². The number of carbonyl (C=O) groups excluding carboxylic acids is 2. The van der Waals surface area contributed by atoms with Crippen molar-refractivity contribution in [1.29, 1.82) is 0 Å². The van der Waals surface area contributed by atoms with E-state index in [4.69, 9.17) is 9.47 Å². The summed E-state index contributed by atoms with van der Waals surface area (Å²) < 4.78 is 10.3. The third-order valence-electron chi connectivity index (χ3n) is 2.40. The van der Waals surface area contributed by atoms with Crippen molar-refractivity contribution in [1.82, 2.24) is 10.6 Å². The number of hydrogen-bond acceptors (Lipinski definition) is 4. The molecular weight excluding hydrogens is 248 g/mol. The molecule has 0 aromatic heterocycles. The van der Waals surface area contributed by atoms with E-state index in [0.717, 1.165) is 0 Å². The van der Waals surface area contributed by atoms with Crippen LogP contribution in [0.4, 0.5) is 0 Å². The van der Waals surface area contributed by atoms with Crippen LogP contribution in [0.2, 0.25) is 0 Å². The summed E-state index contributed by atoms with van der Waals surface area (Å²) in [5.74, 6) is 0.659. The Labute approximate surface area is 112 Å². The lowest BCUT2D eigenvalue weighted by molar-refractivity contribution is -0.122. The lowest BCUT2D eigenvalue weighted by Crippen LogP contribution is -2.39. The lowest BCUT2D eigenvalue weighted by atomic mass is 10.1. The largest absolute Gasteiger partial charge is 0.497 e. The molecule has 1 rings (SSSR count). The van der Waals surface area contributed by atoms with Crippen LogP contribution in [0.1, 0.15) is 25.6 Å². The van der Waals surface area contributed by atoms with Crippen molar-refractivity contribution in [2.75, 3.05) is 14.2 Å². The zero-order valence-corrected chi connectivity index (χ0v) is 11.4. The van der Waals surface area contributed by atoms with Gasteiger partial charge in [0.2, 0.25) is 11.8 Å². The highest BCUT2D eigenvalue weighted by atomic mass is 16.5. The second kappa shape index (κ2) is 6.63. The van der Waals surface area contributed by atoms with Gasteiger partial charge in [0.25, 0.3) is 0 Å². The van der Waals surface area contributed by atoms with Gasteiger partial charge in [-0.05, 0) is 12.1 Å². The molecule has 0 spiro atoms. The van der Waals surface area contributed by atoms with Gasteiger partial charge in [0, 0.05) is 25.5 Å². The zero-order chi connectivity index (χ0) is 14.4. The van der Waals surface area contributed by atoms with Crippen LogP contribution in [0, 0.1) is 0 Å². The summed E-state index contributed by atoms with van der Waals surface area (Å²) in [5.41, 5.74) is 0.668. The molecule has 0 unspecified atom stereocenters. The molecule has 0 aliphatic heterocycles. The Balaban J connectivity index is 3.12. The van der Waals surface area contributed by atoms with Crippen LogP contribution in [-0.2, 0) is 9.59 Å².